The highest BCUT2D eigenvalue weighted by Gasteiger charge is 2.40. The van der Waals surface area contributed by atoms with E-state index in [9.17, 15) is 4.79 Å². The van der Waals surface area contributed by atoms with Gasteiger partial charge in [0.2, 0.25) is 5.60 Å². The number of anilines is 1. The van der Waals surface area contributed by atoms with Gasteiger partial charge in [-0.15, -0.1) is 0 Å². The van der Waals surface area contributed by atoms with Gasteiger partial charge in [0, 0.05) is 0 Å². The van der Waals surface area contributed by atoms with Gasteiger partial charge in [-0.05, 0) is 26.0 Å². The number of hydrogen-bond donors (Lipinski definition) is 1. The first kappa shape index (κ1) is 10.8. The van der Waals surface area contributed by atoms with Crippen molar-refractivity contribution in [2.45, 2.75) is 19.4 Å². The SMILES string of the molecule is CCOC(=O)[C@@]1(C)CNc2ccccc2O1. The van der Waals surface area contributed by atoms with Gasteiger partial charge in [-0.25, -0.2) is 4.79 Å². The second-order valence-electron chi connectivity index (χ2n) is 3.90. The highest BCUT2D eigenvalue weighted by atomic mass is 16.6. The number of rotatable bonds is 2. The maximum absolute atomic E-state index is 11.7. The van der Waals surface area contributed by atoms with Crippen molar-refractivity contribution in [3.63, 3.8) is 0 Å². The molecule has 2 rings (SSSR count). The van der Waals surface area contributed by atoms with Gasteiger partial charge in [-0.1, -0.05) is 12.1 Å². The molecule has 1 atom stereocenters. The van der Waals surface area contributed by atoms with Gasteiger partial charge in [0.25, 0.3) is 0 Å². The number of carbonyl (C=O) groups is 1. The van der Waals surface area contributed by atoms with Crippen LogP contribution < -0.4 is 10.1 Å². The highest BCUT2D eigenvalue weighted by molar-refractivity contribution is 5.82. The summed E-state index contributed by atoms with van der Waals surface area (Å²) in [6, 6.07) is 7.54. The molecule has 1 aromatic carbocycles. The fraction of sp³-hybridized carbons (Fsp3) is 0.417. The maximum atomic E-state index is 11.7. The van der Waals surface area contributed by atoms with E-state index in [0.29, 0.717) is 18.9 Å². The predicted molar refractivity (Wildman–Crippen MR) is 60.6 cm³/mol. The molecule has 1 aliphatic heterocycles. The van der Waals surface area contributed by atoms with Crippen molar-refractivity contribution in [2.75, 3.05) is 18.5 Å². The standard InChI is InChI=1S/C12H15NO3/c1-3-15-11(14)12(2)8-13-9-6-4-5-7-10(9)16-12/h4-7,13H,3,8H2,1-2H3/t12-/m1/s1. The minimum Gasteiger partial charge on any atom is -0.472 e. The second kappa shape index (κ2) is 4.04. The number of benzene rings is 1. The summed E-state index contributed by atoms with van der Waals surface area (Å²) in [5.41, 5.74) is -0.0334. The third-order valence-corrected chi connectivity index (χ3v) is 2.55. The van der Waals surface area contributed by atoms with Gasteiger partial charge < -0.3 is 14.8 Å². The van der Waals surface area contributed by atoms with Crippen LogP contribution in [0.4, 0.5) is 5.69 Å². The van der Waals surface area contributed by atoms with Crippen molar-refractivity contribution in [3.8, 4) is 5.75 Å². The van der Waals surface area contributed by atoms with Crippen molar-refractivity contribution < 1.29 is 14.3 Å². The molecule has 1 aromatic rings. The molecule has 0 aromatic heterocycles. The summed E-state index contributed by atoms with van der Waals surface area (Å²) in [5, 5.41) is 3.17. The van der Waals surface area contributed by atoms with Crippen molar-refractivity contribution in [1.82, 2.24) is 0 Å². The van der Waals surface area contributed by atoms with E-state index in [-0.39, 0.29) is 5.97 Å². The Morgan fingerprint density at radius 3 is 3.06 bits per heavy atom. The molecule has 86 valence electrons. The van der Waals surface area contributed by atoms with Crippen LogP contribution in [0.1, 0.15) is 13.8 Å². The average Bonchev–Trinajstić information content (AvgIpc) is 2.29. The van der Waals surface area contributed by atoms with Crippen LogP contribution in [0.5, 0.6) is 5.75 Å². The molecule has 0 fully saturated rings. The molecule has 16 heavy (non-hydrogen) atoms. The molecule has 0 radical (unpaired) electrons. The lowest BCUT2D eigenvalue weighted by atomic mass is 10.0. The zero-order chi connectivity index (χ0) is 11.6. The molecule has 1 N–H and O–H groups in total. The Morgan fingerprint density at radius 2 is 2.31 bits per heavy atom. The van der Waals surface area contributed by atoms with Gasteiger partial charge in [-0.3, -0.25) is 0 Å². The van der Waals surface area contributed by atoms with E-state index in [2.05, 4.69) is 5.32 Å². The van der Waals surface area contributed by atoms with Crippen LogP contribution in [0, 0.1) is 0 Å². The lowest BCUT2D eigenvalue weighted by Crippen LogP contribution is -2.50. The molecule has 0 unspecified atom stereocenters. The number of carbonyl (C=O) groups excluding carboxylic acids is 1. The van der Waals surface area contributed by atoms with E-state index in [0.717, 1.165) is 5.69 Å². The first-order valence-corrected chi connectivity index (χ1v) is 5.35. The molecule has 0 aliphatic carbocycles. The number of esters is 1. The van der Waals surface area contributed by atoms with Crippen molar-refractivity contribution in [2.24, 2.45) is 0 Å². The van der Waals surface area contributed by atoms with Crippen LogP contribution in [0.25, 0.3) is 0 Å². The largest absolute Gasteiger partial charge is 0.472 e. The summed E-state index contributed by atoms with van der Waals surface area (Å²) >= 11 is 0. The molecule has 0 spiro atoms. The Balaban J connectivity index is 2.21. The topological polar surface area (TPSA) is 47.6 Å². The summed E-state index contributed by atoms with van der Waals surface area (Å²) in [6.45, 7) is 4.29. The summed E-state index contributed by atoms with van der Waals surface area (Å²) in [5.74, 6) is 0.348. The predicted octanol–water partition coefficient (Wildman–Crippen LogP) is 1.81. The summed E-state index contributed by atoms with van der Waals surface area (Å²) in [4.78, 5) is 11.7. The zero-order valence-corrected chi connectivity index (χ0v) is 9.45. The number of para-hydroxylation sites is 2. The monoisotopic (exact) mass is 221 g/mol. The second-order valence-corrected chi connectivity index (χ2v) is 3.90. The molecule has 4 heteroatoms. The Labute approximate surface area is 94.6 Å². The van der Waals surface area contributed by atoms with E-state index in [1.807, 2.05) is 24.3 Å². The van der Waals surface area contributed by atoms with Crippen LogP contribution in [0.2, 0.25) is 0 Å². The zero-order valence-electron chi connectivity index (χ0n) is 9.45. The van der Waals surface area contributed by atoms with E-state index >= 15 is 0 Å². The smallest absolute Gasteiger partial charge is 0.352 e. The van der Waals surface area contributed by atoms with Crippen LogP contribution in [-0.2, 0) is 9.53 Å². The van der Waals surface area contributed by atoms with Crippen molar-refractivity contribution in [1.29, 1.82) is 0 Å². The molecular weight excluding hydrogens is 206 g/mol. The van der Waals surface area contributed by atoms with Crippen LogP contribution in [-0.4, -0.2) is 24.7 Å². The number of nitrogens with one attached hydrogen (secondary N) is 1. The van der Waals surface area contributed by atoms with Crippen LogP contribution in [0.15, 0.2) is 24.3 Å². The summed E-state index contributed by atoms with van der Waals surface area (Å²) in [6.07, 6.45) is 0. The summed E-state index contributed by atoms with van der Waals surface area (Å²) < 4.78 is 10.7. The van der Waals surface area contributed by atoms with Gasteiger partial charge >= 0.3 is 5.97 Å². The Bertz CT molecular complexity index is 405. The fourth-order valence-corrected chi connectivity index (χ4v) is 1.64. The fourth-order valence-electron chi connectivity index (χ4n) is 1.64. The number of hydrogen-bond acceptors (Lipinski definition) is 4. The lowest BCUT2D eigenvalue weighted by molar-refractivity contribution is -0.159. The first-order valence-electron chi connectivity index (χ1n) is 5.35. The van der Waals surface area contributed by atoms with E-state index in [4.69, 9.17) is 9.47 Å². The van der Waals surface area contributed by atoms with E-state index in [1.165, 1.54) is 0 Å². The molecule has 0 bridgehead atoms. The maximum Gasteiger partial charge on any atom is 0.352 e. The van der Waals surface area contributed by atoms with Crippen molar-refractivity contribution >= 4 is 11.7 Å². The van der Waals surface area contributed by atoms with Crippen molar-refractivity contribution in [3.05, 3.63) is 24.3 Å². The molecule has 0 saturated carbocycles. The Morgan fingerprint density at radius 1 is 1.56 bits per heavy atom. The quantitative estimate of drug-likeness (QED) is 0.774. The normalized spacial score (nSPS) is 22.6. The van der Waals surface area contributed by atoms with Gasteiger partial charge in [0.15, 0.2) is 0 Å². The average molecular weight is 221 g/mol. The molecule has 1 heterocycles. The Hall–Kier alpha value is -1.71. The van der Waals surface area contributed by atoms with Gasteiger partial charge in [0.05, 0.1) is 18.8 Å². The molecule has 0 saturated heterocycles. The van der Waals surface area contributed by atoms with Crippen LogP contribution in [0.3, 0.4) is 0 Å². The number of ether oxygens (including phenoxy) is 2. The third-order valence-electron chi connectivity index (χ3n) is 2.55. The lowest BCUT2D eigenvalue weighted by Gasteiger charge is -2.34. The minimum absolute atomic E-state index is 0.336. The van der Waals surface area contributed by atoms with Gasteiger partial charge in [0.1, 0.15) is 5.75 Å². The molecule has 1 aliphatic rings. The number of fused-ring (bicyclic) bond motifs is 1. The molecule has 4 nitrogen and oxygen atoms in total. The molecular formula is C12H15NO3. The van der Waals surface area contributed by atoms with E-state index < -0.39 is 5.60 Å². The van der Waals surface area contributed by atoms with Gasteiger partial charge in [-0.2, -0.15) is 0 Å². The highest BCUT2D eigenvalue weighted by Crippen LogP contribution is 2.32. The van der Waals surface area contributed by atoms with E-state index in [1.54, 1.807) is 13.8 Å². The summed E-state index contributed by atoms with van der Waals surface area (Å²) in [7, 11) is 0. The Kier molecular flexibility index (Phi) is 2.73. The minimum atomic E-state index is -0.940. The molecule has 0 amide bonds. The van der Waals surface area contributed by atoms with Crippen LogP contribution >= 0.6 is 0 Å². The first-order chi connectivity index (χ1) is 7.65. The third kappa shape index (κ3) is 1.83.